The van der Waals surface area contributed by atoms with E-state index in [1.807, 2.05) is 30.5 Å². The van der Waals surface area contributed by atoms with Crippen molar-refractivity contribution in [2.45, 2.75) is 50.6 Å². The van der Waals surface area contributed by atoms with Crippen molar-refractivity contribution >= 4 is 27.8 Å². The fourth-order valence-corrected chi connectivity index (χ4v) is 5.40. The van der Waals surface area contributed by atoms with Gasteiger partial charge in [-0.1, -0.05) is 25.1 Å². The van der Waals surface area contributed by atoms with Gasteiger partial charge in [0.25, 0.3) is 0 Å². The Kier molecular flexibility index (Phi) is 3.15. The third-order valence-electron chi connectivity index (χ3n) is 6.56. The number of hydrogen-bond acceptors (Lipinski definition) is 3. The number of para-hydroxylation sites is 1. The molecular weight excluding hydrogens is 328 g/mol. The smallest absolute Gasteiger partial charge is 0.328 e. The zero-order chi connectivity index (χ0) is 18.1. The Morgan fingerprint density at radius 3 is 3.00 bits per heavy atom. The normalized spacial score (nSPS) is 24.2. The highest BCUT2D eigenvalue weighted by atomic mass is 16.5. The molecule has 0 amide bonds. The van der Waals surface area contributed by atoms with Crippen LogP contribution in [0.1, 0.15) is 44.3 Å². The Bertz CT molecular complexity index is 1070. The van der Waals surface area contributed by atoms with Gasteiger partial charge < -0.3 is 14.4 Å². The highest BCUT2D eigenvalue weighted by molar-refractivity contribution is 6.12. The Balaban J connectivity index is 2.03. The summed E-state index contributed by atoms with van der Waals surface area (Å²) in [5, 5.41) is 12.7. The summed E-state index contributed by atoms with van der Waals surface area (Å²) >= 11 is 0. The summed E-state index contributed by atoms with van der Waals surface area (Å²) in [5.74, 6) is 0.0858. The highest BCUT2D eigenvalue weighted by Gasteiger charge is 2.51. The number of aromatic hydroxyl groups is 1. The lowest BCUT2D eigenvalue weighted by Gasteiger charge is -2.40. The molecule has 0 radical (unpaired) electrons. The first-order chi connectivity index (χ1) is 12.6. The summed E-state index contributed by atoms with van der Waals surface area (Å²) in [6.07, 6.45) is 5.74. The second-order valence-electron chi connectivity index (χ2n) is 7.65. The number of nitrogens with zero attached hydrogens (tertiary/aromatic N) is 2. The van der Waals surface area contributed by atoms with Gasteiger partial charge in [-0.25, -0.2) is 4.79 Å². The van der Waals surface area contributed by atoms with E-state index in [1.165, 1.54) is 12.8 Å². The first-order valence-corrected chi connectivity index (χ1v) is 9.37. The van der Waals surface area contributed by atoms with Crippen LogP contribution in [0.3, 0.4) is 0 Å². The van der Waals surface area contributed by atoms with Crippen LogP contribution in [-0.2, 0) is 21.5 Å². The molecule has 0 unspecified atom stereocenters. The molecule has 5 nitrogen and oxygen atoms in total. The summed E-state index contributed by atoms with van der Waals surface area (Å²) in [6.45, 7) is 3.12. The molecule has 1 aromatic carbocycles. The standard InChI is InChI=1S/C21H22N2O3/c1-3-21-9-6-10-22-12-16(24)17-13-7-4-5-8-14(13)23(18(17)19(21)22)15(11-21)20(25)26-2/h4-5,7-8,12,15H,3,6,9-11H2,1-2H3/p+1/t15-,21-/m0/s1. The van der Waals surface area contributed by atoms with E-state index in [0.717, 1.165) is 54.0 Å². The number of pyridine rings is 1. The van der Waals surface area contributed by atoms with Crippen molar-refractivity contribution in [2.24, 2.45) is 0 Å². The number of aryl methyl sites for hydroxylation is 1. The average molecular weight is 351 g/mol. The number of carbonyl (C=O) groups is 1. The van der Waals surface area contributed by atoms with Gasteiger partial charge in [0.05, 0.1) is 23.4 Å². The van der Waals surface area contributed by atoms with Gasteiger partial charge in [-0.2, -0.15) is 4.57 Å². The summed E-state index contributed by atoms with van der Waals surface area (Å²) in [4.78, 5) is 12.8. The summed E-state index contributed by atoms with van der Waals surface area (Å²) < 4.78 is 9.51. The maximum absolute atomic E-state index is 12.8. The van der Waals surface area contributed by atoms with Crippen molar-refractivity contribution in [3.63, 3.8) is 0 Å². The van der Waals surface area contributed by atoms with Crippen LogP contribution in [0.25, 0.3) is 21.8 Å². The van der Waals surface area contributed by atoms with Gasteiger partial charge in [0, 0.05) is 11.8 Å². The number of benzene rings is 1. The molecule has 0 bridgehead atoms. The molecule has 0 saturated carbocycles. The number of aromatic nitrogens is 2. The van der Waals surface area contributed by atoms with E-state index in [1.54, 1.807) is 0 Å². The Hall–Kier alpha value is -2.56. The minimum absolute atomic E-state index is 0.0482. The van der Waals surface area contributed by atoms with Gasteiger partial charge in [0.15, 0.2) is 5.75 Å². The van der Waals surface area contributed by atoms with Crippen molar-refractivity contribution in [2.75, 3.05) is 7.11 Å². The predicted octanol–water partition coefficient (Wildman–Crippen LogP) is 3.35. The number of rotatable bonds is 2. The number of hydrogen-bond donors (Lipinski definition) is 1. The SMILES string of the molecule is CC[C@@]12CCC[n+]3cc(O)c4c5ccccc5n(c4c31)[C@H](C(=O)OC)C2. The van der Waals surface area contributed by atoms with Crippen molar-refractivity contribution in [1.82, 2.24) is 4.57 Å². The molecule has 1 N–H and O–H groups in total. The van der Waals surface area contributed by atoms with Crippen LogP contribution in [-0.4, -0.2) is 22.8 Å². The molecule has 2 aliphatic heterocycles. The molecule has 0 saturated heterocycles. The third kappa shape index (κ3) is 1.76. The lowest BCUT2D eigenvalue weighted by Crippen LogP contribution is -2.53. The van der Waals surface area contributed by atoms with Crippen molar-refractivity contribution in [1.29, 1.82) is 0 Å². The molecule has 5 heteroatoms. The fourth-order valence-electron chi connectivity index (χ4n) is 5.40. The van der Waals surface area contributed by atoms with Crippen LogP contribution in [0.15, 0.2) is 30.5 Å². The van der Waals surface area contributed by atoms with E-state index >= 15 is 0 Å². The van der Waals surface area contributed by atoms with E-state index in [2.05, 4.69) is 16.1 Å². The van der Waals surface area contributed by atoms with Crippen LogP contribution in [0.2, 0.25) is 0 Å². The van der Waals surface area contributed by atoms with Gasteiger partial charge >= 0.3 is 5.97 Å². The van der Waals surface area contributed by atoms with E-state index < -0.39 is 0 Å². The molecule has 0 fully saturated rings. The fraction of sp³-hybridized carbons (Fsp3) is 0.429. The maximum Gasteiger partial charge on any atom is 0.328 e. The Labute approximate surface area is 151 Å². The molecule has 2 atom stereocenters. The molecule has 2 aliphatic rings. The minimum atomic E-state index is -0.358. The van der Waals surface area contributed by atoms with Gasteiger partial charge in [-0.05, 0) is 25.3 Å². The van der Waals surface area contributed by atoms with Crippen LogP contribution in [0.4, 0.5) is 0 Å². The number of esters is 1. The summed E-state index contributed by atoms with van der Waals surface area (Å²) in [6, 6.07) is 7.67. The third-order valence-corrected chi connectivity index (χ3v) is 6.56. The monoisotopic (exact) mass is 351 g/mol. The molecule has 0 aliphatic carbocycles. The zero-order valence-corrected chi connectivity index (χ0v) is 15.2. The first-order valence-electron chi connectivity index (χ1n) is 9.37. The van der Waals surface area contributed by atoms with Gasteiger partial charge in [0.1, 0.15) is 18.1 Å². The lowest BCUT2D eigenvalue weighted by molar-refractivity contribution is -0.713. The van der Waals surface area contributed by atoms with Crippen LogP contribution >= 0.6 is 0 Å². The van der Waals surface area contributed by atoms with E-state index in [0.29, 0.717) is 0 Å². The minimum Gasteiger partial charge on any atom is -0.502 e. The topological polar surface area (TPSA) is 55.3 Å². The maximum atomic E-state index is 12.8. The molecule has 3 aromatic rings. The van der Waals surface area contributed by atoms with Gasteiger partial charge in [-0.3, -0.25) is 0 Å². The number of ether oxygens (including phenoxy) is 1. The molecule has 134 valence electrons. The number of methoxy groups -OCH3 is 1. The van der Waals surface area contributed by atoms with Gasteiger partial charge in [0.2, 0.25) is 11.9 Å². The molecular formula is C21H23N2O3+. The van der Waals surface area contributed by atoms with Crippen molar-refractivity contribution in [3.8, 4) is 5.75 Å². The molecule has 0 spiro atoms. The second-order valence-corrected chi connectivity index (χ2v) is 7.65. The number of fused-ring (bicyclic) bond motifs is 3. The first kappa shape index (κ1) is 15.7. The highest BCUT2D eigenvalue weighted by Crippen LogP contribution is 2.51. The quantitative estimate of drug-likeness (QED) is 0.569. The Morgan fingerprint density at radius 1 is 1.42 bits per heavy atom. The predicted molar refractivity (Wildman–Crippen MR) is 98.2 cm³/mol. The molecule has 2 aromatic heterocycles. The van der Waals surface area contributed by atoms with Crippen LogP contribution < -0.4 is 4.57 Å². The summed E-state index contributed by atoms with van der Waals surface area (Å²) in [7, 11) is 1.46. The van der Waals surface area contributed by atoms with E-state index in [4.69, 9.17) is 4.74 Å². The lowest BCUT2D eigenvalue weighted by atomic mass is 9.68. The zero-order valence-electron chi connectivity index (χ0n) is 15.2. The number of carbonyl (C=O) groups excluding carboxylic acids is 1. The largest absolute Gasteiger partial charge is 0.502 e. The molecule has 5 rings (SSSR count). The van der Waals surface area contributed by atoms with Gasteiger partial charge in [-0.15, -0.1) is 0 Å². The molecule has 26 heavy (non-hydrogen) atoms. The van der Waals surface area contributed by atoms with Crippen LogP contribution in [0.5, 0.6) is 5.75 Å². The van der Waals surface area contributed by atoms with Crippen molar-refractivity contribution < 1.29 is 19.2 Å². The second kappa shape index (κ2) is 5.22. The average Bonchev–Trinajstić information content (AvgIpc) is 3.02. The van der Waals surface area contributed by atoms with Crippen molar-refractivity contribution in [3.05, 3.63) is 36.2 Å². The summed E-state index contributed by atoms with van der Waals surface area (Å²) in [5.41, 5.74) is 3.22. The van der Waals surface area contributed by atoms with E-state index in [9.17, 15) is 9.90 Å². The van der Waals surface area contributed by atoms with Crippen LogP contribution in [0, 0.1) is 0 Å². The Morgan fingerprint density at radius 2 is 2.23 bits per heavy atom. The van der Waals surface area contributed by atoms with E-state index in [-0.39, 0.29) is 23.2 Å². The molecule has 4 heterocycles.